The molecule has 144 valence electrons. The Kier molecular flexibility index (Phi) is 7.37. The van der Waals surface area contributed by atoms with Crippen molar-refractivity contribution in [3.8, 4) is 11.5 Å². The molecule has 0 atom stereocenters. The van der Waals surface area contributed by atoms with Gasteiger partial charge in [0.1, 0.15) is 11.5 Å². The molecule has 0 heterocycles. The molecule has 0 unspecified atom stereocenters. The summed E-state index contributed by atoms with van der Waals surface area (Å²) in [6.07, 6.45) is 0. The van der Waals surface area contributed by atoms with Crippen molar-refractivity contribution in [3.63, 3.8) is 0 Å². The Hall–Kier alpha value is -2.86. The first-order valence-electron chi connectivity index (χ1n) is 9.02. The summed E-state index contributed by atoms with van der Waals surface area (Å²) in [5, 5.41) is 13.9. The molecular formula is C21H27N3O3. The summed E-state index contributed by atoms with van der Waals surface area (Å²) in [4.78, 5) is 14.5. The average molecular weight is 369 g/mol. The quantitative estimate of drug-likeness (QED) is 0.552. The highest BCUT2D eigenvalue weighted by atomic mass is 16.5. The van der Waals surface area contributed by atoms with E-state index in [0.29, 0.717) is 5.71 Å². The zero-order valence-electron chi connectivity index (χ0n) is 16.3. The van der Waals surface area contributed by atoms with Crippen LogP contribution in [0.3, 0.4) is 0 Å². The van der Waals surface area contributed by atoms with Gasteiger partial charge in [0.25, 0.3) is 5.91 Å². The highest BCUT2D eigenvalue weighted by molar-refractivity contribution is 6.01. The minimum Gasteiger partial charge on any atom is -0.507 e. The predicted octanol–water partition coefficient (Wildman–Crippen LogP) is 3.40. The number of aromatic hydroxyl groups is 1. The van der Waals surface area contributed by atoms with Crippen molar-refractivity contribution >= 4 is 11.6 Å². The zero-order chi connectivity index (χ0) is 19.8. The number of hydrogen-bond acceptors (Lipinski definition) is 5. The molecule has 0 bridgehead atoms. The van der Waals surface area contributed by atoms with Gasteiger partial charge in [0, 0.05) is 12.1 Å². The van der Waals surface area contributed by atoms with Crippen LogP contribution in [0.15, 0.2) is 47.6 Å². The molecule has 0 aliphatic heterocycles. The molecule has 0 saturated heterocycles. The average Bonchev–Trinajstić information content (AvgIpc) is 2.70. The molecule has 27 heavy (non-hydrogen) atoms. The Morgan fingerprint density at radius 1 is 1.19 bits per heavy atom. The fourth-order valence-electron chi connectivity index (χ4n) is 2.74. The van der Waals surface area contributed by atoms with E-state index >= 15 is 0 Å². The number of phenols is 1. The van der Waals surface area contributed by atoms with Crippen LogP contribution in [0.2, 0.25) is 0 Å². The number of ether oxygens (including phenoxy) is 1. The van der Waals surface area contributed by atoms with Crippen LogP contribution >= 0.6 is 0 Å². The molecule has 2 rings (SSSR count). The predicted molar refractivity (Wildman–Crippen MR) is 107 cm³/mol. The number of nitrogens with one attached hydrogen (secondary N) is 1. The topological polar surface area (TPSA) is 74.2 Å². The van der Waals surface area contributed by atoms with Gasteiger partial charge >= 0.3 is 0 Å². The summed E-state index contributed by atoms with van der Waals surface area (Å²) in [6, 6.07) is 12.2. The lowest BCUT2D eigenvalue weighted by molar-refractivity contribution is 0.0952. The van der Waals surface area contributed by atoms with Crippen molar-refractivity contribution in [3.05, 3.63) is 59.2 Å². The number of carbonyl (C=O) groups is 1. The lowest BCUT2D eigenvalue weighted by Crippen LogP contribution is -2.22. The van der Waals surface area contributed by atoms with Gasteiger partial charge in [-0.3, -0.25) is 9.69 Å². The number of rotatable bonds is 8. The van der Waals surface area contributed by atoms with E-state index in [-0.39, 0.29) is 11.3 Å². The van der Waals surface area contributed by atoms with Crippen LogP contribution in [-0.2, 0) is 6.54 Å². The smallest absolute Gasteiger partial charge is 0.275 e. The Labute approximate surface area is 160 Å². The van der Waals surface area contributed by atoms with Crippen LogP contribution in [0.4, 0.5) is 0 Å². The number of phenolic OH excluding ortho intramolecular Hbond substituents is 1. The number of carbonyl (C=O) groups excluding carboxylic acids is 1. The first-order valence-corrected chi connectivity index (χ1v) is 9.02. The number of hydrogen-bond donors (Lipinski definition) is 2. The van der Waals surface area contributed by atoms with Crippen molar-refractivity contribution < 1.29 is 14.6 Å². The van der Waals surface area contributed by atoms with Gasteiger partial charge in [0.15, 0.2) is 0 Å². The normalized spacial score (nSPS) is 11.5. The van der Waals surface area contributed by atoms with Gasteiger partial charge in [-0.05, 0) is 55.9 Å². The van der Waals surface area contributed by atoms with Gasteiger partial charge in [0.2, 0.25) is 0 Å². The lowest BCUT2D eigenvalue weighted by atomic mass is 10.1. The molecule has 6 nitrogen and oxygen atoms in total. The number of benzene rings is 2. The SMILES string of the molecule is CCN(CC)Cc1cc(/C(C)=N\NC(=O)c2ccccc2O)ccc1OC. The molecule has 0 saturated carbocycles. The van der Waals surface area contributed by atoms with Crippen LogP contribution < -0.4 is 10.2 Å². The van der Waals surface area contributed by atoms with E-state index in [0.717, 1.165) is 36.5 Å². The molecule has 0 aromatic heterocycles. The first kappa shape index (κ1) is 20.5. The maximum absolute atomic E-state index is 12.2. The highest BCUT2D eigenvalue weighted by Gasteiger charge is 2.12. The third kappa shape index (κ3) is 5.31. The van der Waals surface area contributed by atoms with Crippen molar-refractivity contribution in [2.75, 3.05) is 20.2 Å². The number of methoxy groups -OCH3 is 1. The standard InChI is InChI=1S/C21H27N3O3/c1-5-24(6-2)14-17-13-16(11-12-20(17)27-4)15(3)22-23-21(26)18-9-7-8-10-19(18)25/h7-13,25H,5-6,14H2,1-4H3,(H,23,26)/b22-15-. The van der Waals surface area contributed by atoms with E-state index in [4.69, 9.17) is 4.74 Å². The molecular weight excluding hydrogens is 342 g/mol. The number of amides is 1. The Bertz CT molecular complexity index is 814. The van der Waals surface area contributed by atoms with Crippen LogP contribution in [0.5, 0.6) is 11.5 Å². The summed E-state index contributed by atoms with van der Waals surface area (Å²) in [5.74, 6) is 0.301. The molecule has 0 aliphatic rings. The van der Waals surface area contributed by atoms with Crippen molar-refractivity contribution in [1.82, 2.24) is 10.3 Å². The van der Waals surface area contributed by atoms with E-state index in [2.05, 4.69) is 29.3 Å². The van der Waals surface area contributed by atoms with Crippen molar-refractivity contribution in [2.45, 2.75) is 27.3 Å². The molecule has 1 amide bonds. The maximum Gasteiger partial charge on any atom is 0.275 e. The zero-order valence-corrected chi connectivity index (χ0v) is 16.3. The third-order valence-electron chi connectivity index (χ3n) is 4.46. The van der Waals surface area contributed by atoms with Gasteiger partial charge in [-0.25, -0.2) is 5.43 Å². The van der Waals surface area contributed by atoms with E-state index in [1.807, 2.05) is 25.1 Å². The highest BCUT2D eigenvalue weighted by Crippen LogP contribution is 2.22. The van der Waals surface area contributed by atoms with E-state index in [9.17, 15) is 9.90 Å². The summed E-state index contributed by atoms with van der Waals surface area (Å²) in [6.45, 7) is 8.76. The van der Waals surface area contributed by atoms with E-state index < -0.39 is 5.91 Å². The lowest BCUT2D eigenvalue weighted by Gasteiger charge is -2.20. The Morgan fingerprint density at radius 3 is 2.52 bits per heavy atom. The second-order valence-electron chi connectivity index (χ2n) is 6.14. The van der Waals surface area contributed by atoms with Crippen molar-refractivity contribution in [2.24, 2.45) is 5.10 Å². The Morgan fingerprint density at radius 2 is 1.89 bits per heavy atom. The summed E-state index contributed by atoms with van der Waals surface area (Å²) < 4.78 is 5.48. The molecule has 2 aromatic rings. The molecule has 0 radical (unpaired) electrons. The summed E-state index contributed by atoms with van der Waals surface area (Å²) >= 11 is 0. The van der Waals surface area contributed by atoms with Gasteiger partial charge in [-0.15, -0.1) is 0 Å². The summed E-state index contributed by atoms with van der Waals surface area (Å²) in [7, 11) is 1.66. The second kappa shape index (κ2) is 9.73. The molecule has 0 fully saturated rings. The number of para-hydroxylation sites is 1. The van der Waals surface area contributed by atoms with Gasteiger partial charge < -0.3 is 9.84 Å². The molecule has 2 N–H and O–H groups in total. The first-order chi connectivity index (χ1) is 13.0. The summed E-state index contributed by atoms with van der Waals surface area (Å²) in [5.41, 5.74) is 5.32. The molecule has 2 aromatic carbocycles. The fourth-order valence-corrected chi connectivity index (χ4v) is 2.74. The fraction of sp³-hybridized carbons (Fsp3) is 0.333. The van der Waals surface area contributed by atoms with Gasteiger partial charge in [-0.1, -0.05) is 26.0 Å². The van der Waals surface area contributed by atoms with Crippen LogP contribution in [0.1, 0.15) is 42.3 Å². The van der Waals surface area contributed by atoms with E-state index in [1.165, 1.54) is 6.07 Å². The second-order valence-corrected chi connectivity index (χ2v) is 6.14. The minimum absolute atomic E-state index is 0.0752. The van der Waals surface area contributed by atoms with Crippen LogP contribution in [-0.4, -0.2) is 41.8 Å². The molecule has 0 aliphatic carbocycles. The molecule has 0 spiro atoms. The number of hydrazone groups is 1. The molecule has 6 heteroatoms. The van der Waals surface area contributed by atoms with Crippen LogP contribution in [0.25, 0.3) is 0 Å². The largest absolute Gasteiger partial charge is 0.507 e. The van der Waals surface area contributed by atoms with Gasteiger partial charge in [-0.2, -0.15) is 5.10 Å². The minimum atomic E-state index is -0.454. The van der Waals surface area contributed by atoms with E-state index in [1.54, 1.807) is 25.3 Å². The Balaban J connectivity index is 2.19. The van der Waals surface area contributed by atoms with Crippen molar-refractivity contribution in [1.29, 1.82) is 0 Å². The number of nitrogens with zero attached hydrogens (tertiary/aromatic N) is 2. The van der Waals surface area contributed by atoms with Crippen LogP contribution in [0, 0.1) is 0 Å². The van der Waals surface area contributed by atoms with Gasteiger partial charge in [0.05, 0.1) is 18.4 Å². The maximum atomic E-state index is 12.2. The third-order valence-corrected chi connectivity index (χ3v) is 4.46. The monoisotopic (exact) mass is 369 g/mol.